The van der Waals surface area contributed by atoms with Gasteiger partial charge >= 0.3 is 5.97 Å². The number of amidine groups is 1. The van der Waals surface area contributed by atoms with Crippen molar-refractivity contribution in [3.05, 3.63) is 57.5 Å². The number of rotatable bonds is 7. The number of aryl methyl sites for hydroxylation is 1. The lowest BCUT2D eigenvalue weighted by Gasteiger charge is -2.34. The van der Waals surface area contributed by atoms with Crippen molar-refractivity contribution < 1.29 is 23.2 Å². The Morgan fingerprint density at radius 3 is 2.97 bits per heavy atom. The maximum atomic E-state index is 13.8. The van der Waals surface area contributed by atoms with Crippen molar-refractivity contribution >= 4 is 39.8 Å². The molecule has 2 aromatic rings. The fourth-order valence-corrected chi connectivity index (χ4v) is 4.78. The molecule has 0 aliphatic carbocycles. The average Bonchev–Trinajstić information content (AvgIpc) is 3.25. The van der Waals surface area contributed by atoms with Gasteiger partial charge < -0.3 is 19.3 Å². The number of carbonyl (C=O) groups excluding carboxylic acids is 1. The SMILES string of the molecule is CCOC(=O)C1=C(CN2CCOC(SO)C2)NC(c2ncn(C)n2)=NC1c1ccc(F)cc1Br. The first-order valence-electron chi connectivity index (χ1n) is 10.6. The van der Waals surface area contributed by atoms with E-state index in [9.17, 15) is 13.7 Å². The highest BCUT2D eigenvalue weighted by atomic mass is 79.9. The second-order valence-corrected chi connectivity index (χ2v) is 9.26. The lowest BCUT2D eigenvalue weighted by atomic mass is 9.95. The highest BCUT2D eigenvalue weighted by Gasteiger charge is 2.35. The lowest BCUT2D eigenvalue weighted by molar-refractivity contribution is -0.139. The van der Waals surface area contributed by atoms with Crippen LogP contribution in [0.4, 0.5) is 4.39 Å². The molecule has 2 unspecified atom stereocenters. The largest absolute Gasteiger partial charge is 0.463 e. The molecule has 2 aliphatic heterocycles. The van der Waals surface area contributed by atoms with Crippen molar-refractivity contribution in [2.24, 2.45) is 12.0 Å². The molecule has 182 valence electrons. The Morgan fingerprint density at radius 2 is 2.29 bits per heavy atom. The van der Waals surface area contributed by atoms with Crippen LogP contribution in [0.3, 0.4) is 0 Å². The van der Waals surface area contributed by atoms with E-state index >= 15 is 0 Å². The van der Waals surface area contributed by atoms with Crippen LogP contribution in [0.2, 0.25) is 0 Å². The summed E-state index contributed by atoms with van der Waals surface area (Å²) < 4.78 is 36.2. The van der Waals surface area contributed by atoms with Gasteiger partial charge in [-0.3, -0.25) is 14.6 Å². The third-order valence-corrected chi connectivity index (χ3v) is 6.51. The molecule has 0 amide bonds. The zero-order chi connectivity index (χ0) is 24.2. The Labute approximate surface area is 208 Å². The standard InChI is InChI=1S/C21H24BrFN6O4S/c1-3-32-21(30)17-15(9-29-6-7-33-16(10-29)34-31)25-20(19-24-11-28(2)27-19)26-18(17)13-5-4-12(23)8-14(13)22/h4-5,8,11,16,18,31H,3,6-7,9-10H2,1-2H3,(H,25,26). The summed E-state index contributed by atoms with van der Waals surface area (Å²) in [6.45, 7) is 3.77. The number of aromatic nitrogens is 3. The average molecular weight is 555 g/mol. The van der Waals surface area contributed by atoms with E-state index in [0.717, 1.165) is 0 Å². The van der Waals surface area contributed by atoms with E-state index in [-0.39, 0.29) is 6.61 Å². The van der Waals surface area contributed by atoms with Crippen LogP contribution in [0.1, 0.15) is 24.4 Å². The van der Waals surface area contributed by atoms with Gasteiger partial charge in [0.05, 0.1) is 18.8 Å². The molecule has 1 fully saturated rings. The van der Waals surface area contributed by atoms with Gasteiger partial charge in [-0.2, -0.15) is 0 Å². The van der Waals surface area contributed by atoms with E-state index < -0.39 is 23.3 Å². The third kappa shape index (κ3) is 5.49. The lowest BCUT2D eigenvalue weighted by Crippen LogP contribution is -2.45. The monoisotopic (exact) mass is 554 g/mol. The molecule has 13 heteroatoms. The summed E-state index contributed by atoms with van der Waals surface area (Å²) >= 11 is 4.06. The fourth-order valence-electron chi connectivity index (χ4n) is 3.78. The molecular weight excluding hydrogens is 531 g/mol. The Hall–Kier alpha value is -2.32. The van der Waals surface area contributed by atoms with Crippen molar-refractivity contribution in [1.29, 1.82) is 0 Å². The van der Waals surface area contributed by atoms with Crippen molar-refractivity contribution in [2.75, 3.05) is 32.8 Å². The first-order chi connectivity index (χ1) is 16.4. The summed E-state index contributed by atoms with van der Waals surface area (Å²) in [4.78, 5) is 24.3. The van der Waals surface area contributed by atoms with Crippen LogP contribution >= 0.6 is 28.0 Å². The molecule has 0 radical (unpaired) electrons. The predicted molar refractivity (Wildman–Crippen MR) is 128 cm³/mol. The number of halogens is 2. The molecule has 2 aliphatic rings. The summed E-state index contributed by atoms with van der Waals surface area (Å²) in [6, 6.07) is 3.46. The quantitative estimate of drug-likeness (QED) is 0.393. The van der Waals surface area contributed by atoms with Gasteiger partial charge in [-0.25, -0.2) is 14.2 Å². The smallest absolute Gasteiger partial charge is 0.338 e. The summed E-state index contributed by atoms with van der Waals surface area (Å²) in [5.74, 6) is -0.199. The molecule has 1 aromatic carbocycles. The van der Waals surface area contributed by atoms with Crippen LogP contribution < -0.4 is 5.32 Å². The number of benzene rings is 1. The van der Waals surface area contributed by atoms with E-state index in [1.54, 1.807) is 31.0 Å². The molecule has 2 atom stereocenters. The normalized spacial score (nSPS) is 21.3. The van der Waals surface area contributed by atoms with Crippen molar-refractivity contribution in [3.8, 4) is 0 Å². The van der Waals surface area contributed by atoms with Gasteiger partial charge in [0.2, 0.25) is 5.82 Å². The zero-order valence-corrected chi connectivity index (χ0v) is 21.0. The van der Waals surface area contributed by atoms with Gasteiger partial charge in [0, 0.05) is 48.9 Å². The van der Waals surface area contributed by atoms with Crippen LogP contribution in [0.5, 0.6) is 0 Å². The van der Waals surface area contributed by atoms with Gasteiger partial charge in [-0.1, -0.05) is 22.0 Å². The Kier molecular flexibility index (Phi) is 7.99. The van der Waals surface area contributed by atoms with Gasteiger partial charge in [-0.15, -0.1) is 5.10 Å². The minimum atomic E-state index is -0.784. The minimum Gasteiger partial charge on any atom is -0.463 e. The number of nitrogens with zero attached hydrogens (tertiary/aromatic N) is 5. The van der Waals surface area contributed by atoms with Crippen LogP contribution in [-0.2, 0) is 21.3 Å². The van der Waals surface area contributed by atoms with Gasteiger partial charge in [0.1, 0.15) is 23.6 Å². The minimum absolute atomic E-state index is 0.187. The second kappa shape index (κ2) is 11.0. The fraction of sp³-hybridized carbons (Fsp3) is 0.429. The number of hydrogen-bond donors (Lipinski definition) is 2. The Balaban J connectivity index is 1.80. The number of carbonyl (C=O) groups is 1. The highest BCUT2D eigenvalue weighted by molar-refractivity contribution is 9.10. The molecule has 10 nitrogen and oxygen atoms in total. The van der Waals surface area contributed by atoms with Crippen LogP contribution in [0, 0.1) is 5.82 Å². The molecule has 0 spiro atoms. The number of nitrogens with one attached hydrogen (secondary N) is 1. The van der Waals surface area contributed by atoms with Crippen molar-refractivity contribution in [2.45, 2.75) is 18.4 Å². The number of aliphatic imine (C=N–C) groups is 1. The Morgan fingerprint density at radius 1 is 1.47 bits per heavy atom. The molecule has 1 aromatic heterocycles. The second-order valence-electron chi connectivity index (χ2n) is 7.67. The van der Waals surface area contributed by atoms with E-state index in [4.69, 9.17) is 14.5 Å². The van der Waals surface area contributed by atoms with Crippen molar-refractivity contribution in [1.82, 2.24) is 25.0 Å². The van der Waals surface area contributed by atoms with E-state index in [1.165, 1.54) is 12.1 Å². The first kappa shape index (κ1) is 24.8. The molecule has 34 heavy (non-hydrogen) atoms. The van der Waals surface area contributed by atoms with Gasteiger partial charge in [0.25, 0.3) is 0 Å². The number of ether oxygens (including phenoxy) is 2. The van der Waals surface area contributed by atoms with Gasteiger partial charge in [0.15, 0.2) is 5.84 Å². The molecule has 0 bridgehead atoms. The summed E-state index contributed by atoms with van der Waals surface area (Å²) in [7, 11) is 1.75. The van der Waals surface area contributed by atoms with E-state index in [2.05, 4.69) is 36.2 Å². The molecular formula is C21H24BrFN6O4S. The summed E-state index contributed by atoms with van der Waals surface area (Å²) in [5.41, 5.74) is 1.09. The molecule has 3 heterocycles. The number of esters is 1. The molecule has 1 saturated heterocycles. The zero-order valence-electron chi connectivity index (χ0n) is 18.6. The number of morpholine rings is 1. The van der Waals surface area contributed by atoms with Crippen LogP contribution in [0.25, 0.3) is 0 Å². The van der Waals surface area contributed by atoms with Crippen LogP contribution in [0.15, 0.2) is 45.3 Å². The van der Waals surface area contributed by atoms with Crippen molar-refractivity contribution in [3.63, 3.8) is 0 Å². The summed E-state index contributed by atoms with van der Waals surface area (Å²) in [5, 5.41) is 7.58. The van der Waals surface area contributed by atoms with Gasteiger partial charge in [-0.05, 0) is 24.6 Å². The first-order valence-corrected chi connectivity index (χ1v) is 12.2. The summed E-state index contributed by atoms with van der Waals surface area (Å²) in [6.07, 6.45) is 1.55. The topological polar surface area (TPSA) is 114 Å². The molecule has 0 saturated carbocycles. The molecule has 2 N–H and O–H groups in total. The maximum Gasteiger partial charge on any atom is 0.338 e. The third-order valence-electron chi connectivity index (χ3n) is 5.31. The highest BCUT2D eigenvalue weighted by Crippen LogP contribution is 2.36. The van der Waals surface area contributed by atoms with E-state index in [1.807, 2.05) is 0 Å². The van der Waals surface area contributed by atoms with E-state index in [0.29, 0.717) is 71.3 Å². The Bertz CT molecular complexity index is 1130. The number of hydrogen-bond acceptors (Lipinski definition) is 10. The maximum absolute atomic E-state index is 13.8. The predicted octanol–water partition coefficient (Wildman–Crippen LogP) is 2.49. The molecule has 4 rings (SSSR count). The van der Waals surface area contributed by atoms with Crippen LogP contribution in [-0.4, -0.2) is 74.3 Å².